The van der Waals surface area contributed by atoms with E-state index >= 15 is 0 Å². The molecule has 0 aliphatic rings. The molecular formula is C14H16N2S2. The predicted octanol–water partition coefficient (Wildman–Crippen LogP) is 3.45. The second kappa shape index (κ2) is 8.80. The summed E-state index contributed by atoms with van der Waals surface area (Å²) in [5.74, 6) is 5.24. The summed E-state index contributed by atoms with van der Waals surface area (Å²) >= 11 is 3.41. The number of benzene rings is 1. The molecule has 1 rings (SSSR count). The van der Waals surface area contributed by atoms with E-state index in [4.69, 9.17) is 6.42 Å². The van der Waals surface area contributed by atoms with Crippen LogP contribution >= 0.6 is 23.5 Å². The molecule has 94 valence electrons. The van der Waals surface area contributed by atoms with Crippen molar-refractivity contribution < 1.29 is 0 Å². The van der Waals surface area contributed by atoms with Crippen LogP contribution in [0.1, 0.15) is 12.5 Å². The quantitative estimate of drug-likeness (QED) is 0.470. The van der Waals surface area contributed by atoms with Gasteiger partial charge in [0.25, 0.3) is 0 Å². The molecule has 0 aliphatic carbocycles. The third-order valence-corrected chi connectivity index (χ3v) is 3.99. The van der Waals surface area contributed by atoms with Gasteiger partial charge in [-0.15, -0.1) is 29.9 Å². The first-order chi connectivity index (χ1) is 8.83. The number of terminal acetylenes is 1. The molecule has 1 aromatic rings. The van der Waals surface area contributed by atoms with Crippen molar-refractivity contribution in [2.75, 3.05) is 29.1 Å². The SMILES string of the molecule is C#CCSCCNc1cccc(SCC)c1C#N. The fourth-order valence-electron chi connectivity index (χ4n) is 1.46. The van der Waals surface area contributed by atoms with Crippen molar-refractivity contribution in [1.82, 2.24) is 0 Å². The number of hydrogen-bond acceptors (Lipinski definition) is 4. The van der Waals surface area contributed by atoms with Crippen LogP contribution in [0.15, 0.2) is 23.1 Å². The maximum atomic E-state index is 9.23. The monoisotopic (exact) mass is 276 g/mol. The van der Waals surface area contributed by atoms with Crippen molar-refractivity contribution >= 4 is 29.2 Å². The van der Waals surface area contributed by atoms with Crippen molar-refractivity contribution in [1.29, 1.82) is 5.26 Å². The maximum Gasteiger partial charge on any atom is 0.102 e. The molecule has 0 atom stereocenters. The van der Waals surface area contributed by atoms with Gasteiger partial charge < -0.3 is 5.32 Å². The Morgan fingerprint density at radius 3 is 2.94 bits per heavy atom. The van der Waals surface area contributed by atoms with E-state index in [2.05, 4.69) is 24.2 Å². The lowest BCUT2D eigenvalue weighted by molar-refractivity contribution is 1.21. The first-order valence-electron chi connectivity index (χ1n) is 5.74. The Kier molecular flexibility index (Phi) is 7.25. The summed E-state index contributed by atoms with van der Waals surface area (Å²) < 4.78 is 0. The molecule has 0 saturated heterocycles. The first kappa shape index (κ1) is 14.8. The van der Waals surface area contributed by atoms with E-state index in [1.165, 1.54) is 0 Å². The minimum atomic E-state index is 0.735. The highest BCUT2D eigenvalue weighted by atomic mass is 32.2. The van der Waals surface area contributed by atoms with Crippen LogP contribution in [0.5, 0.6) is 0 Å². The number of nitrogens with zero attached hydrogens (tertiary/aromatic N) is 1. The van der Waals surface area contributed by atoms with Gasteiger partial charge in [-0.05, 0) is 17.9 Å². The Morgan fingerprint density at radius 1 is 1.44 bits per heavy atom. The largest absolute Gasteiger partial charge is 0.383 e. The maximum absolute atomic E-state index is 9.23. The summed E-state index contributed by atoms with van der Waals surface area (Å²) in [6.07, 6.45) is 5.18. The Labute approximate surface area is 118 Å². The van der Waals surface area contributed by atoms with Crippen LogP contribution in [0.3, 0.4) is 0 Å². The smallest absolute Gasteiger partial charge is 0.102 e. The van der Waals surface area contributed by atoms with E-state index in [1.807, 2.05) is 18.2 Å². The van der Waals surface area contributed by atoms with E-state index in [0.717, 1.165) is 39.9 Å². The van der Waals surface area contributed by atoms with Gasteiger partial charge in [-0.2, -0.15) is 5.26 Å². The Bertz CT molecular complexity index is 458. The van der Waals surface area contributed by atoms with Gasteiger partial charge in [-0.25, -0.2) is 0 Å². The zero-order valence-electron chi connectivity index (χ0n) is 10.4. The standard InChI is InChI=1S/C14H16N2S2/c1-3-9-17-10-8-16-13-6-5-7-14(18-4-2)12(13)11-15/h1,5-7,16H,4,8-10H2,2H3. The normalized spacial score (nSPS) is 9.50. The second-order valence-corrected chi connectivity index (χ2v) is 5.82. The van der Waals surface area contributed by atoms with Gasteiger partial charge in [0.15, 0.2) is 0 Å². The number of nitrogens with one attached hydrogen (secondary N) is 1. The van der Waals surface area contributed by atoms with Gasteiger partial charge in [0.1, 0.15) is 6.07 Å². The average molecular weight is 276 g/mol. The summed E-state index contributed by atoms with van der Waals surface area (Å²) in [5.41, 5.74) is 1.66. The molecule has 0 bridgehead atoms. The molecule has 0 radical (unpaired) electrons. The molecule has 0 amide bonds. The van der Waals surface area contributed by atoms with Crippen LogP contribution in [0.2, 0.25) is 0 Å². The highest BCUT2D eigenvalue weighted by Crippen LogP contribution is 2.27. The molecule has 0 heterocycles. The minimum absolute atomic E-state index is 0.735. The van der Waals surface area contributed by atoms with E-state index < -0.39 is 0 Å². The molecule has 4 heteroatoms. The van der Waals surface area contributed by atoms with Gasteiger partial charge in [-0.3, -0.25) is 0 Å². The van der Waals surface area contributed by atoms with Crippen molar-refractivity contribution in [2.45, 2.75) is 11.8 Å². The highest BCUT2D eigenvalue weighted by molar-refractivity contribution is 7.99. The van der Waals surface area contributed by atoms with E-state index in [0.29, 0.717) is 0 Å². The molecule has 1 N–H and O–H groups in total. The zero-order chi connectivity index (χ0) is 13.2. The topological polar surface area (TPSA) is 35.8 Å². The van der Waals surface area contributed by atoms with Gasteiger partial charge >= 0.3 is 0 Å². The summed E-state index contributed by atoms with van der Waals surface area (Å²) in [6.45, 7) is 2.91. The summed E-state index contributed by atoms with van der Waals surface area (Å²) in [4.78, 5) is 1.04. The molecule has 1 aromatic carbocycles. The van der Waals surface area contributed by atoms with Crippen molar-refractivity contribution in [3.05, 3.63) is 23.8 Å². The molecule has 0 aromatic heterocycles. The second-order valence-electron chi connectivity index (χ2n) is 3.41. The summed E-state index contributed by atoms with van der Waals surface area (Å²) in [5, 5.41) is 12.5. The Balaban J connectivity index is 2.62. The Morgan fingerprint density at radius 2 is 2.28 bits per heavy atom. The lowest BCUT2D eigenvalue weighted by atomic mass is 10.2. The molecule has 0 aliphatic heterocycles. The van der Waals surface area contributed by atoms with Crippen LogP contribution in [-0.4, -0.2) is 23.8 Å². The van der Waals surface area contributed by atoms with Crippen LogP contribution in [0.4, 0.5) is 5.69 Å². The molecule has 18 heavy (non-hydrogen) atoms. The zero-order valence-corrected chi connectivity index (χ0v) is 12.0. The number of thioether (sulfide) groups is 2. The fraction of sp³-hybridized carbons (Fsp3) is 0.357. The van der Waals surface area contributed by atoms with Crippen LogP contribution < -0.4 is 5.32 Å². The third-order valence-electron chi connectivity index (χ3n) is 2.19. The van der Waals surface area contributed by atoms with E-state index in [1.54, 1.807) is 23.5 Å². The third kappa shape index (κ3) is 4.56. The lowest BCUT2D eigenvalue weighted by Gasteiger charge is -2.10. The van der Waals surface area contributed by atoms with Gasteiger partial charge in [0.2, 0.25) is 0 Å². The molecule has 0 unspecified atom stereocenters. The number of hydrogen-bond donors (Lipinski definition) is 1. The van der Waals surface area contributed by atoms with Crippen LogP contribution in [0, 0.1) is 23.7 Å². The molecular weight excluding hydrogens is 260 g/mol. The molecule has 0 spiro atoms. The van der Waals surface area contributed by atoms with Gasteiger partial charge in [0.05, 0.1) is 17.0 Å². The van der Waals surface area contributed by atoms with Crippen LogP contribution in [-0.2, 0) is 0 Å². The number of nitriles is 1. The Hall–Kier alpha value is -1.23. The molecule has 0 fully saturated rings. The van der Waals surface area contributed by atoms with Crippen molar-refractivity contribution in [2.24, 2.45) is 0 Å². The minimum Gasteiger partial charge on any atom is -0.383 e. The number of rotatable bonds is 7. The average Bonchev–Trinajstić information content (AvgIpc) is 2.39. The fourth-order valence-corrected chi connectivity index (χ4v) is 2.75. The van der Waals surface area contributed by atoms with E-state index in [9.17, 15) is 5.26 Å². The predicted molar refractivity (Wildman–Crippen MR) is 82.2 cm³/mol. The van der Waals surface area contributed by atoms with Gasteiger partial charge in [-0.1, -0.05) is 18.9 Å². The highest BCUT2D eigenvalue weighted by Gasteiger charge is 2.07. The first-order valence-corrected chi connectivity index (χ1v) is 7.88. The molecule has 2 nitrogen and oxygen atoms in total. The lowest BCUT2D eigenvalue weighted by Crippen LogP contribution is -2.06. The summed E-state index contributed by atoms with van der Waals surface area (Å²) in [7, 11) is 0. The van der Waals surface area contributed by atoms with Crippen molar-refractivity contribution in [3.63, 3.8) is 0 Å². The van der Waals surface area contributed by atoms with E-state index in [-0.39, 0.29) is 0 Å². The molecule has 0 saturated carbocycles. The van der Waals surface area contributed by atoms with Crippen LogP contribution in [0.25, 0.3) is 0 Å². The van der Waals surface area contributed by atoms with Gasteiger partial charge in [0, 0.05) is 17.2 Å². The van der Waals surface area contributed by atoms with Crippen molar-refractivity contribution in [3.8, 4) is 18.4 Å². The summed E-state index contributed by atoms with van der Waals surface area (Å²) in [6, 6.07) is 8.20. The number of anilines is 1.